The monoisotopic (exact) mass is 633 g/mol. The predicted molar refractivity (Wildman–Crippen MR) is 150 cm³/mol. The van der Waals surface area contributed by atoms with Crippen LogP contribution in [-0.2, 0) is 38.4 Å². The predicted octanol–water partition coefficient (Wildman–Crippen LogP) is -5.13. The van der Waals surface area contributed by atoms with E-state index in [1.807, 2.05) is 17.6 Å². The lowest BCUT2D eigenvalue weighted by Gasteiger charge is -2.24. The van der Waals surface area contributed by atoms with Crippen LogP contribution in [0.15, 0.2) is 0 Å². The second-order valence-corrected chi connectivity index (χ2v) is 10.1. The minimum Gasteiger partial charge on any atom is -0.481 e. The summed E-state index contributed by atoms with van der Waals surface area (Å²) in [6.07, 6.45) is -3.30. The van der Waals surface area contributed by atoms with Crippen molar-refractivity contribution >= 4 is 47.4 Å². The van der Waals surface area contributed by atoms with Gasteiger partial charge in [-0.2, -0.15) is 0 Å². The molecule has 0 saturated carbocycles. The smallest absolute Gasteiger partial charge is 0.328 e. The molecule has 0 aliphatic heterocycles. The van der Waals surface area contributed by atoms with Gasteiger partial charge in [-0.15, -0.1) is 0 Å². The second kappa shape index (κ2) is 19.0. The first-order valence-corrected chi connectivity index (χ1v) is 13.6. The van der Waals surface area contributed by atoms with Gasteiger partial charge in [-0.05, 0) is 26.7 Å². The minimum absolute atomic E-state index is 0.147. The summed E-state index contributed by atoms with van der Waals surface area (Å²) in [5.74, 6) is -8.85. The fourth-order valence-electron chi connectivity index (χ4n) is 3.39. The van der Waals surface area contributed by atoms with Crippen LogP contribution in [0.2, 0.25) is 0 Å². The number of carboxylic acids is 2. The van der Waals surface area contributed by atoms with Gasteiger partial charge in [-0.1, -0.05) is 20.3 Å². The van der Waals surface area contributed by atoms with Gasteiger partial charge in [-0.25, -0.2) is 4.79 Å². The highest BCUT2D eigenvalue weighted by Gasteiger charge is 2.32. The van der Waals surface area contributed by atoms with E-state index >= 15 is 0 Å². The van der Waals surface area contributed by atoms with Gasteiger partial charge in [0.15, 0.2) is 6.04 Å². The molecular weight excluding hydrogens is 590 g/mol. The molecular formula is C25H43N7O12. The number of carbonyl (C=O) groups excluding carboxylic acids is 6. The molecule has 6 amide bonds. The van der Waals surface area contributed by atoms with Crippen LogP contribution in [0.4, 0.5) is 0 Å². The maximum Gasteiger partial charge on any atom is 0.328 e. The number of aliphatic carboxylic acids is 2. The Balaban J connectivity index is 5.08. The van der Waals surface area contributed by atoms with Crippen molar-refractivity contribution < 1.29 is 58.8 Å². The van der Waals surface area contributed by atoms with E-state index in [1.165, 1.54) is 13.8 Å². The molecule has 0 aromatic carbocycles. The lowest BCUT2D eigenvalue weighted by molar-refractivity contribution is -0.145. The van der Waals surface area contributed by atoms with Gasteiger partial charge in [0.2, 0.25) is 35.4 Å². The molecule has 12 N–H and O–H groups in total. The van der Waals surface area contributed by atoms with E-state index in [9.17, 15) is 48.6 Å². The average Bonchev–Trinajstić information content (AvgIpc) is 2.93. The van der Waals surface area contributed by atoms with Crippen molar-refractivity contribution in [2.45, 2.75) is 89.9 Å². The number of nitrogens with one attached hydrogen (secondary N) is 6. The lowest BCUT2D eigenvalue weighted by Crippen LogP contribution is -2.58. The Morgan fingerprint density at radius 3 is 1.61 bits per heavy atom. The lowest BCUT2D eigenvalue weighted by atomic mass is 9.99. The summed E-state index contributed by atoms with van der Waals surface area (Å²) in [5, 5.41) is 50.5. The van der Waals surface area contributed by atoms with E-state index in [0.29, 0.717) is 6.42 Å². The van der Waals surface area contributed by atoms with Crippen LogP contribution in [0.1, 0.15) is 47.5 Å². The molecule has 0 aliphatic carbocycles. The van der Waals surface area contributed by atoms with Gasteiger partial charge in [0.1, 0.15) is 18.1 Å². The maximum atomic E-state index is 12.6. The molecule has 19 nitrogen and oxygen atoms in total. The number of carbonyl (C=O) groups is 8. The molecule has 0 aromatic rings. The van der Waals surface area contributed by atoms with Crippen LogP contribution in [0.25, 0.3) is 0 Å². The van der Waals surface area contributed by atoms with Crippen molar-refractivity contribution in [1.29, 1.82) is 0 Å². The summed E-state index contributed by atoms with van der Waals surface area (Å²) in [5.41, 5.74) is 5.79. The first kappa shape index (κ1) is 39.6. The average molecular weight is 634 g/mol. The van der Waals surface area contributed by atoms with Crippen molar-refractivity contribution in [2.24, 2.45) is 11.7 Å². The number of carboxylic acid groups (broad SMARTS) is 2. The number of aliphatic hydroxyl groups is 2. The SMILES string of the molecule is CC[C@H](C)[C@H](N)C(=O)NCC(=O)N[C@H](C(=O)N[C@@H](C)C(=O)NCC(=O)N[C@@H](CC(=O)O)C(=O)N[C@H](C(=O)O)[C@@H](C)O)[C@@H](C)O. The van der Waals surface area contributed by atoms with Crippen LogP contribution in [-0.4, -0.2) is 123 Å². The number of hydrogen-bond acceptors (Lipinski definition) is 11. The highest BCUT2D eigenvalue weighted by molar-refractivity contribution is 5.96. The molecule has 0 aromatic heterocycles. The third-order valence-electron chi connectivity index (χ3n) is 6.32. The fraction of sp³-hybridized carbons (Fsp3) is 0.680. The number of nitrogens with two attached hydrogens (primary N) is 1. The summed E-state index contributed by atoms with van der Waals surface area (Å²) in [4.78, 5) is 96.4. The zero-order chi connectivity index (χ0) is 34.3. The van der Waals surface area contributed by atoms with Gasteiger partial charge in [0, 0.05) is 0 Å². The third kappa shape index (κ3) is 14.2. The Labute approximate surface area is 253 Å². The molecule has 19 heteroatoms. The number of amides is 6. The Morgan fingerprint density at radius 1 is 0.659 bits per heavy atom. The van der Waals surface area contributed by atoms with Crippen LogP contribution < -0.4 is 37.6 Å². The summed E-state index contributed by atoms with van der Waals surface area (Å²) in [6.45, 7) is 5.74. The zero-order valence-electron chi connectivity index (χ0n) is 25.1. The van der Waals surface area contributed by atoms with E-state index in [0.717, 1.165) is 6.92 Å². The maximum absolute atomic E-state index is 12.6. The number of hydrogen-bond donors (Lipinski definition) is 11. The van der Waals surface area contributed by atoms with Crippen molar-refractivity contribution in [2.75, 3.05) is 13.1 Å². The fourth-order valence-corrected chi connectivity index (χ4v) is 3.39. The molecule has 0 rings (SSSR count). The second-order valence-electron chi connectivity index (χ2n) is 10.1. The standard InChI is InChI=1S/C25H43N7O12/c1-6-10(2)18(26)23(41)28-9-16(36)31-19(12(4)33)24(42)29-11(3)21(39)27-8-15(35)30-14(7-17(37)38)22(40)32-20(13(5)34)25(43)44/h10-14,18-20,33-34H,6-9,26H2,1-5H3,(H,27,39)(H,28,41)(H,29,42)(H,30,35)(H,31,36)(H,32,40)(H,37,38)(H,43,44)/t10-,11-,12+,13+,14-,18-,19-,20-/m0/s1. The summed E-state index contributed by atoms with van der Waals surface area (Å²) in [6, 6.07) is -7.26. The van der Waals surface area contributed by atoms with Gasteiger partial charge in [0.25, 0.3) is 0 Å². The van der Waals surface area contributed by atoms with E-state index in [2.05, 4.69) is 21.3 Å². The van der Waals surface area contributed by atoms with Crippen molar-refractivity contribution in [3.05, 3.63) is 0 Å². The van der Waals surface area contributed by atoms with Crippen LogP contribution in [0, 0.1) is 5.92 Å². The molecule has 0 spiro atoms. The zero-order valence-corrected chi connectivity index (χ0v) is 25.1. The van der Waals surface area contributed by atoms with Gasteiger partial charge >= 0.3 is 11.9 Å². The quantitative estimate of drug-likeness (QED) is 0.0635. The van der Waals surface area contributed by atoms with E-state index in [1.54, 1.807) is 6.92 Å². The molecule has 0 bridgehead atoms. The van der Waals surface area contributed by atoms with Gasteiger partial charge in [0.05, 0.1) is 37.8 Å². The first-order chi connectivity index (χ1) is 20.3. The third-order valence-corrected chi connectivity index (χ3v) is 6.32. The molecule has 250 valence electrons. The van der Waals surface area contributed by atoms with E-state index in [-0.39, 0.29) is 5.92 Å². The Morgan fingerprint density at radius 2 is 1.16 bits per heavy atom. The Kier molecular flexibility index (Phi) is 17.1. The molecule has 0 radical (unpaired) electrons. The van der Waals surface area contributed by atoms with Crippen molar-refractivity contribution in [1.82, 2.24) is 31.9 Å². The normalized spacial score (nSPS) is 16.3. The number of rotatable bonds is 19. The van der Waals surface area contributed by atoms with Crippen molar-refractivity contribution in [3.8, 4) is 0 Å². The van der Waals surface area contributed by atoms with Crippen molar-refractivity contribution in [3.63, 3.8) is 0 Å². The van der Waals surface area contributed by atoms with E-state index in [4.69, 9.17) is 15.9 Å². The molecule has 44 heavy (non-hydrogen) atoms. The first-order valence-electron chi connectivity index (χ1n) is 13.6. The summed E-state index contributed by atoms with van der Waals surface area (Å²) < 4.78 is 0. The Hall–Kier alpha value is -4.36. The minimum atomic E-state index is -1.79. The summed E-state index contributed by atoms with van der Waals surface area (Å²) in [7, 11) is 0. The topological polar surface area (TPSA) is 316 Å². The molecule has 0 fully saturated rings. The van der Waals surface area contributed by atoms with Gasteiger partial charge < -0.3 is 58.1 Å². The molecule has 0 saturated heterocycles. The van der Waals surface area contributed by atoms with Crippen LogP contribution in [0.3, 0.4) is 0 Å². The van der Waals surface area contributed by atoms with Crippen LogP contribution >= 0.6 is 0 Å². The summed E-state index contributed by atoms with van der Waals surface area (Å²) >= 11 is 0. The molecule has 0 aliphatic rings. The highest BCUT2D eigenvalue weighted by atomic mass is 16.4. The van der Waals surface area contributed by atoms with E-state index < -0.39 is 109 Å². The highest BCUT2D eigenvalue weighted by Crippen LogP contribution is 2.05. The molecule has 0 unspecified atom stereocenters. The largest absolute Gasteiger partial charge is 0.481 e. The Bertz CT molecular complexity index is 1070. The molecule has 0 heterocycles. The molecule has 8 atom stereocenters. The number of aliphatic hydroxyl groups excluding tert-OH is 2. The van der Waals surface area contributed by atoms with Crippen LogP contribution in [0.5, 0.6) is 0 Å². The van der Waals surface area contributed by atoms with Gasteiger partial charge in [-0.3, -0.25) is 33.6 Å².